The molecule has 3 heteroatoms. The Labute approximate surface area is 66.7 Å². The topological polar surface area (TPSA) is 43.1 Å². The predicted molar refractivity (Wildman–Crippen MR) is 33.6 cm³/mol. The van der Waals surface area contributed by atoms with Crippen molar-refractivity contribution in [1.82, 2.24) is 0 Å². The number of Topliss-reactive ketones (excluding diaryl/α,β-unsaturated/α-hetero) is 1. The largest absolute Gasteiger partial charge is 0.325 e. The van der Waals surface area contributed by atoms with Gasteiger partial charge in [0, 0.05) is 29.0 Å². The van der Waals surface area contributed by atoms with E-state index in [1.807, 2.05) is 13.8 Å². The van der Waals surface area contributed by atoms with Crippen LogP contribution in [0, 0.1) is 0 Å². The average molecular weight is 179 g/mol. The number of rotatable bonds is 2. The van der Waals surface area contributed by atoms with Crippen LogP contribution >= 0.6 is 0 Å². The number of carbonyl (C=O) groups is 1. The molecule has 0 aromatic heterocycles. The van der Waals surface area contributed by atoms with E-state index in [0.717, 1.165) is 0 Å². The minimum absolute atomic E-state index is 0. The Hall–Kier alpha value is 0.149. The Morgan fingerprint density at radius 3 is 1.89 bits per heavy atom. The molecule has 9 heavy (non-hydrogen) atoms. The molecular weight excluding hydrogens is 166 g/mol. The van der Waals surface area contributed by atoms with Gasteiger partial charge in [-0.05, 0) is 20.8 Å². The Bertz CT molecular complexity index is 95.7. The number of carbonyl (C=O) groups excluding carboxylic acids is 1. The van der Waals surface area contributed by atoms with Gasteiger partial charge in [-0.3, -0.25) is 4.79 Å². The van der Waals surface area contributed by atoms with Gasteiger partial charge in [0.25, 0.3) is 0 Å². The smallest absolute Gasteiger partial charge is 0.131 e. The van der Waals surface area contributed by atoms with Crippen LogP contribution in [0.5, 0.6) is 0 Å². The summed E-state index contributed by atoms with van der Waals surface area (Å²) in [5, 5.41) is 0. The number of nitrogens with two attached hydrogens (primary N) is 1. The summed E-state index contributed by atoms with van der Waals surface area (Å²) in [6.45, 7) is 5.23. The fraction of sp³-hybridized carbons (Fsp3) is 0.833. The molecule has 0 heterocycles. The molecule has 0 aliphatic heterocycles. The van der Waals surface area contributed by atoms with E-state index in [0.29, 0.717) is 6.42 Å². The van der Waals surface area contributed by atoms with E-state index in [-0.39, 0.29) is 28.4 Å². The van der Waals surface area contributed by atoms with Gasteiger partial charge >= 0.3 is 0 Å². The first-order valence-corrected chi connectivity index (χ1v) is 2.70. The van der Waals surface area contributed by atoms with Crippen molar-refractivity contribution in [2.75, 3.05) is 0 Å². The van der Waals surface area contributed by atoms with Crippen molar-refractivity contribution in [3.8, 4) is 0 Å². The Morgan fingerprint density at radius 1 is 1.56 bits per heavy atom. The van der Waals surface area contributed by atoms with E-state index in [9.17, 15) is 4.79 Å². The minimum Gasteiger partial charge on any atom is -0.325 e. The predicted octanol–water partition coefficient (Wildman–Crippen LogP) is 0.700. The van der Waals surface area contributed by atoms with E-state index in [2.05, 4.69) is 0 Å². The van der Waals surface area contributed by atoms with Crippen molar-refractivity contribution >= 4 is 5.78 Å². The van der Waals surface area contributed by atoms with Gasteiger partial charge < -0.3 is 5.73 Å². The molecule has 0 aromatic rings. The standard InChI is InChI=1S/C6H13NO.Cu/c1-5(8)4-6(2,3)7;/h4,7H2,1-3H3;. The van der Waals surface area contributed by atoms with Crippen LogP contribution in [0.1, 0.15) is 27.2 Å². The molecule has 2 nitrogen and oxygen atoms in total. The summed E-state index contributed by atoms with van der Waals surface area (Å²) in [6, 6.07) is 0. The van der Waals surface area contributed by atoms with Crippen LogP contribution in [0.25, 0.3) is 0 Å². The van der Waals surface area contributed by atoms with Crippen LogP contribution in [0.2, 0.25) is 0 Å². The van der Waals surface area contributed by atoms with Crippen LogP contribution in [0.3, 0.4) is 0 Å². The summed E-state index contributed by atoms with van der Waals surface area (Å²) in [5.41, 5.74) is 5.19. The van der Waals surface area contributed by atoms with E-state index in [1.165, 1.54) is 0 Å². The van der Waals surface area contributed by atoms with E-state index >= 15 is 0 Å². The van der Waals surface area contributed by atoms with Gasteiger partial charge in [-0.25, -0.2) is 0 Å². The third kappa shape index (κ3) is 11.6. The molecule has 0 saturated carbocycles. The zero-order valence-corrected chi connectivity index (χ0v) is 6.94. The second-order valence-corrected chi connectivity index (χ2v) is 2.87. The average Bonchev–Trinajstić information content (AvgIpc) is 1.21. The molecule has 0 bridgehead atoms. The normalized spacial score (nSPS) is 10.2. The Balaban J connectivity index is 0. The van der Waals surface area contributed by atoms with Gasteiger partial charge in [-0.1, -0.05) is 0 Å². The quantitative estimate of drug-likeness (QED) is 0.633. The van der Waals surface area contributed by atoms with Crippen LogP contribution in [-0.2, 0) is 21.9 Å². The molecular formula is C6H13CuNO. The summed E-state index contributed by atoms with van der Waals surface area (Å²) in [4.78, 5) is 10.4. The van der Waals surface area contributed by atoms with Crippen molar-refractivity contribution in [2.45, 2.75) is 32.7 Å². The first-order valence-electron chi connectivity index (χ1n) is 2.70. The number of hydrogen-bond donors (Lipinski definition) is 1. The van der Waals surface area contributed by atoms with E-state index in [4.69, 9.17) is 5.73 Å². The summed E-state index contributed by atoms with van der Waals surface area (Å²) in [6.07, 6.45) is 0.465. The maximum Gasteiger partial charge on any atom is 0.131 e. The Kier molecular flexibility index (Phi) is 5.34. The minimum atomic E-state index is -0.328. The Morgan fingerprint density at radius 2 is 1.89 bits per heavy atom. The van der Waals surface area contributed by atoms with Crippen LogP contribution < -0.4 is 5.73 Å². The molecule has 0 spiro atoms. The molecule has 59 valence electrons. The van der Waals surface area contributed by atoms with E-state index in [1.54, 1.807) is 6.92 Å². The van der Waals surface area contributed by atoms with Gasteiger partial charge in [-0.2, -0.15) is 0 Å². The van der Waals surface area contributed by atoms with E-state index < -0.39 is 0 Å². The second-order valence-electron chi connectivity index (χ2n) is 2.87. The summed E-state index contributed by atoms with van der Waals surface area (Å²) in [5.74, 6) is 0.150. The van der Waals surface area contributed by atoms with Gasteiger partial charge in [-0.15, -0.1) is 0 Å². The van der Waals surface area contributed by atoms with Gasteiger partial charge in [0.1, 0.15) is 5.78 Å². The SMILES string of the molecule is CC(=O)CC(C)(C)N.[Cu]. The van der Waals surface area contributed by atoms with Gasteiger partial charge in [0.15, 0.2) is 0 Å². The van der Waals surface area contributed by atoms with Crippen LogP contribution in [0.4, 0.5) is 0 Å². The monoisotopic (exact) mass is 178 g/mol. The first kappa shape index (κ1) is 11.9. The summed E-state index contributed by atoms with van der Waals surface area (Å²) >= 11 is 0. The molecule has 0 fully saturated rings. The third-order valence-electron chi connectivity index (χ3n) is 0.705. The zero-order chi connectivity index (χ0) is 6.78. The van der Waals surface area contributed by atoms with Crippen molar-refractivity contribution < 1.29 is 21.9 Å². The first-order chi connectivity index (χ1) is 3.42. The summed E-state index contributed by atoms with van der Waals surface area (Å²) < 4.78 is 0. The van der Waals surface area contributed by atoms with Gasteiger partial charge in [0.2, 0.25) is 0 Å². The molecule has 0 aromatic carbocycles. The van der Waals surface area contributed by atoms with Crippen molar-refractivity contribution in [3.05, 3.63) is 0 Å². The maximum atomic E-state index is 10.4. The molecule has 0 amide bonds. The van der Waals surface area contributed by atoms with Crippen LogP contribution in [-0.4, -0.2) is 11.3 Å². The summed E-state index contributed by atoms with van der Waals surface area (Å²) in [7, 11) is 0. The fourth-order valence-corrected chi connectivity index (χ4v) is 0.642. The molecule has 0 aliphatic rings. The molecule has 0 unspecified atom stereocenters. The molecule has 0 aliphatic carbocycles. The van der Waals surface area contributed by atoms with Crippen molar-refractivity contribution in [1.29, 1.82) is 0 Å². The van der Waals surface area contributed by atoms with Crippen molar-refractivity contribution in [2.24, 2.45) is 5.73 Å². The van der Waals surface area contributed by atoms with Crippen LogP contribution in [0.15, 0.2) is 0 Å². The molecule has 0 saturated heterocycles. The third-order valence-corrected chi connectivity index (χ3v) is 0.705. The maximum absolute atomic E-state index is 10.4. The second kappa shape index (κ2) is 4.04. The number of ketones is 1. The molecule has 0 atom stereocenters. The fourth-order valence-electron chi connectivity index (χ4n) is 0.642. The van der Waals surface area contributed by atoms with Crippen molar-refractivity contribution in [3.63, 3.8) is 0 Å². The zero-order valence-electron chi connectivity index (χ0n) is 5.99. The van der Waals surface area contributed by atoms with Gasteiger partial charge in [0.05, 0.1) is 0 Å². The molecule has 1 radical (unpaired) electrons. The number of hydrogen-bond acceptors (Lipinski definition) is 2. The molecule has 0 rings (SSSR count). The molecule has 2 N–H and O–H groups in total.